The second kappa shape index (κ2) is 10.1. The number of rotatable bonds is 8. The van der Waals surface area contributed by atoms with Crippen molar-refractivity contribution < 1.29 is 23.7 Å². The summed E-state index contributed by atoms with van der Waals surface area (Å²) in [4.78, 5) is 47.6. The van der Waals surface area contributed by atoms with Crippen molar-refractivity contribution in [3.05, 3.63) is 42.1 Å². The molecule has 0 aliphatic heterocycles. The molecule has 3 amide bonds. The van der Waals surface area contributed by atoms with Gasteiger partial charge in [-0.05, 0) is 37.4 Å². The lowest BCUT2D eigenvalue weighted by Gasteiger charge is -2.37. The maximum atomic E-state index is 12.4. The first-order valence-corrected chi connectivity index (χ1v) is 14.5. The minimum Gasteiger partial charge on any atom is -0.432 e. The topological polar surface area (TPSA) is 134 Å². The Hall–Kier alpha value is -2.98. The first kappa shape index (κ1) is 25.6. The number of nitrogens with one attached hydrogen (secondary N) is 3. The summed E-state index contributed by atoms with van der Waals surface area (Å²) >= 11 is 0. The highest BCUT2D eigenvalue weighted by atomic mass is 28.4. The van der Waals surface area contributed by atoms with E-state index in [9.17, 15) is 19.2 Å². The third-order valence-corrected chi connectivity index (χ3v) is 10.4. The largest absolute Gasteiger partial charge is 0.432 e. The predicted octanol–water partition coefficient (Wildman–Crippen LogP) is 3.00. The van der Waals surface area contributed by atoms with Gasteiger partial charge < -0.3 is 14.6 Å². The summed E-state index contributed by atoms with van der Waals surface area (Å²) in [5.41, 5.74) is 5.99. The molecule has 1 aliphatic rings. The van der Waals surface area contributed by atoms with Crippen LogP contribution in [0, 0.1) is 11.8 Å². The zero-order valence-electron chi connectivity index (χ0n) is 20.3. The second-order valence-corrected chi connectivity index (χ2v) is 14.8. The molecule has 1 fully saturated rings. The maximum absolute atomic E-state index is 12.4. The molecule has 0 spiro atoms. The zero-order chi connectivity index (χ0) is 25.1. The molecule has 1 atom stereocenters. The number of hydrogen-bond acceptors (Lipinski definition) is 6. The highest BCUT2D eigenvalue weighted by molar-refractivity contribution is 6.72. The first-order valence-electron chi connectivity index (χ1n) is 11.5. The standard InChI is InChI=1S/C24H34N4O5Si/c1-15(14-24(2,3)34(4,5)32)21(29)26-27-22(30)17-11-18(12-17)25-23(31)19-13-20(33-28-19)16-9-7-6-8-10-16/h6-10,13,15,17-18,32H,11-12,14H2,1-5H3,(H,25,31)(H,26,29)(H,27,30)/t15-,17-,18-/m0/s1. The molecule has 1 heterocycles. The summed E-state index contributed by atoms with van der Waals surface area (Å²) in [6, 6.07) is 10.8. The van der Waals surface area contributed by atoms with E-state index in [0.717, 1.165) is 5.56 Å². The van der Waals surface area contributed by atoms with Gasteiger partial charge >= 0.3 is 0 Å². The molecule has 10 heteroatoms. The van der Waals surface area contributed by atoms with Crippen molar-refractivity contribution in [2.75, 3.05) is 0 Å². The molecule has 1 aromatic carbocycles. The van der Waals surface area contributed by atoms with Gasteiger partial charge in [0.05, 0.1) is 0 Å². The average Bonchev–Trinajstić information content (AvgIpc) is 3.24. The van der Waals surface area contributed by atoms with E-state index < -0.39 is 8.32 Å². The van der Waals surface area contributed by atoms with Gasteiger partial charge in [0.2, 0.25) is 11.8 Å². The molecule has 2 aromatic rings. The Kier molecular flexibility index (Phi) is 7.62. The number of aromatic nitrogens is 1. The molecule has 3 rings (SSSR count). The Bertz CT molecular complexity index is 1030. The van der Waals surface area contributed by atoms with Crippen LogP contribution in [0.1, 0.15) is 50.5 Å². The maximum Gasteiger partial charge on any atom is 0.273 e. The van der Waals surface area contributed by atoms with Crippen LogP contribution in [0.5, 0.6) is 0 Å². The van der Waals surface area contributed by atoms with Crippen LogP contribution < -0.4 is 16.2 Å². The van der Waals surface area contributed by atoms with Gasteiger partial charge in [0.1, 0.15) is 0 Å². The van der Waals surface area contributed by atoms with Gasteiger partial charge in [0.15, 0.2) is 19.8 Å². The summed E-state index contributed by atoms with van der Waals surface area (Å²) in [7, 11) is -2.43. The summed E-state index contributed by atoms with van der Waals surface area (Å²) in [6.45, 7) is 9.43. The molecule has 184 valence electrons. The lowest BCUT2D eigenvalue weighted by atomic mass is 9.79. The Morgan fingerprint density at radius 1 is 1.18 bits per heavy atom. The van der Waals surface area contributed by atoms with Crippen molar-refractivity contribution in [1.82, 2.24) is 21.3 Å². The first-order chi connectivity index (χ1) is 15.9. The Labute approximate surface area is 200 Å². The molecule has 0 bridgehead atoms. The second-order valence-electron chi connectivity index (χ2n) is 10.3. The van der Waals surface area contributed by atoms with E-state index in [0.29, 0.717) is 25.0 Å². The van der Waals surface area contributed by atoms with E-state index in [1.165, 1.54) is 0 Å². The van der Waals surface area contributed by atoms with Gasteiger partial charge in [-0.3, -0.25) is 25.2 Å². The zero-order valence-corrected chi connectivity index (χ0v) is 21.3. The molecular formula is C24H34N4O5Si. The normalized spacial score (nSPS) is 19.0. The highest BCUT2D eigenvalue weighted by Crippen LogP contribution is 2.41. The van der Waals surface area contributed by atoms with E-state index in [1.54, 1.807) is 13.0 Å². The van der Waals surface area contributed by atoms with Crippen LogP contribution in [-0.4, -0.2) is 42.0 Å². The number of carbonyl (C=O) groups is 3. The van der Waals surface area contributed by atoms with Crippen LogP contribution >= 0.6 is 0 Å². The Balaban J connectivity index is 1.40. The molecule has 34 heavy (non-hydrogen) atoms. The Morgan fingerprint density at radius 3 is 2.44 bits per heavy atom. The van der Waals surface area contributed by atoms with Crippen molar-refractivity contribution in [2.24, 2.45) is 11.8 Å². The van der Waals surface area contributed by atoms with E-state index in [2.05, 4.69) is 21.3 Å². The summed E-state index contributed by atoms with van der Waals surface area (Å²) in [6.07, 6.45) is 1.48. The van der Waals surface area contributed by atoms with Gasteiger partial charge in [-0.1, -0.05) is 56.3 Å². The van der Waals surface area contributed by atoms with Gasteiger partial charge in [0.25, 0.3) is 5.91 Å². The van der Waals surface area contributed by atoms with Gasteiger partial charge in [-0.2, -0.15) is 0 Å². The summed E-state index contributed by atoms with van der Waals surface area (Å²) in [5.74, 6) is -1.06. The van der Waals surface area contributed by atoms with Crippen molar-refractivity contribution in [3.63, 3.8) is 0 Å². The highest BCUT2D eigenvalue weighted by Gasteiger charge is 2.40. The monoisotopic (exact) mass is 486 g/mol. The van der Waals surface area contributed by atoms with E-state index in [4.69, 9.17) is 4.52 Å². The third kappa shape index (κ3) is 6.12. The third-order valence-electron chi connectivity index (χ3n) is 6.87. The molecule has 9 nitrogen and oxygen atoms in total. The van der Waals surface area contributed by atoms with Crippen molar-refractivity contribution in [3.8, 4) is 11.3 Å². The van der Waals surface area contributed by atoms with Gasteiger partial charge in [-0.25, -0.2) is 0 Å². The minimum atomic E-state index is -2.43. The minimum absolute atomic E-state index is 0.146. The van der Waals surface area contributed by atoms with Crippen molar-refractivity contribution in [1.29, 1.82) is 0 Å². The van der Waals surface area contributed by atoms with Crippen LogP contribution in [0.15, 0.2) is 40.9 Å². The van der Waals surface area contributed by atoms with Crippen LogP contribution in [0.2, 0.25) is 18.1 Å². The quantitative estimate of drug-likeness (QED) is 0.335. The fraction of sp³-hybridized carbons (Fsp3) is 0.500. The number of hydrazine groups is 1. The Morgan fingerprint density at radius 2 is 1.82 bits per heavy atom. The van der Waals surface area contributed by atoms with Crippen LogP contribution in [-0.2, 0) is 9.59 Å². The van der Waals surface area contributed by atoms with Crippen molar-refractivity contribution in [2.45, 2.75) is 64.2 Å². The van der Waals surface area contributed by atoms with Crippen molar-refractivity contribution >= 4 is 26.0 Å². The average molecular weight is 487 g/mol. The molecule has 4 N–H and O–H groups in total. The van der Waals surface area contributed by atoms with Crippen LogP contribution in [0.3, 0.4) is 0 Å². The molecule has 1 aliphatic carbocycles. The summed E-state index contributed by atoms with van der Waals surface area (Å²) < 4.78 is 5.26. The number of amides is 3. The molecule has 0 unspecified atom stereocenters. The van der Waals surface area contributed by atoms with E-state index in [-0.39, 0.29) is 46.3 Å². The SMILES string of the molecule is C[C@@H](CC(C)(C)[Si](C)(C)O)C(=O)NNC(=O)[C@H]1C[C@H](NC(=O)c2cc(-c3ccccc3)on2)C1. The van der Waals surface area contributed by atoms with Gasteiger partial charge in [0, 0.05) is 29.5 Å². The molecule has 1 saturated carbocycles. The number of benzene rings is 1. The number of carbonyl (C=O) groups excluding carboxylic acids is 3. The molecule has 1 aromatic heterocycles. The van der Waals surface area contributed by atoms with Gasteiger partial charge in [-0.15, -0.1) is 0 Å². The van der Waals surface area contributed by atoms with E-state index >= 15 is 0 Å². The van der Waals surface area contributed by atoms with E-state index in [1.807, 2.05) is 57.3 Å². The lowest BCUT2D eigenvalue weighted by Crippen LogP contribution is -2.53. The molecular weight excluding hydrogens is 452 g/mol. The smallest absolute Gasteiger partial charge is 0.273 e. The fourth-order valence-electron chi connectivity index (χ4n) is 3.79. The lowest BCUT2D eigenvalue weighted by molar-refractivity contribution is -0.134. The molecule has 0 saturated heterocycles. The summed E-state index contributed by atoms with van der Waals surface area (Å²) in [5, 5.41) is 6.36. The van der Waals surface area contributed by atoms with Crippen LogP contribution in [0.25, 0.3) is 11.3 Å². The van der Waals surface area contributed by atoms with Crippen LogP contribution in [0.4, 0.5) is 0 Å². The number of nitrogens with zero attached hydrogens (tertiary/aromatic N) is 1. The predicted molar refractivity (Wildman–Crippen MR) is 130 cm³/mol. The number of hydrogen-bond donors (Lipinski definition) is 4. The fourth-order valence-corrected chi connectivity index (χ4v) is 4.59. The molecule has 0 radical (unpaired) electrons.